The molecule has 1 aromatic carbocycles. The summed E-state index contributed by atoms with van der Waals surface area (Å²) in [6, 6.07) is 4.47. The largest absolute Gasteiger partial charge is 0.326 e. The van der Waals surface area contributed by atoms with Crippen molar-refractivity contribution in [3.8, 4) is 0 Å². The van der Waals surface area contributed by atoms with Gasteiger partial charge in [-0.1, -0.05) is 17.8 Å². The second-order valence-corrected chi connectivity index (χ2v) is 6.19. The summed E-state index contributed by atoms with van der Waals surface area (Å²) in [5, 5.41) is 13.5. The van der Waals surface area contributed by atoms with E-state index in [2.05, 4.69) is 10.3 Å². The van der Waals surface area contributed by atoms with Crippen LogP contribution in [0.3, 0.4) is 0 Å². The quantitative estimate of drug-likeness (QED) is 0.666. The highest BCUT2D eigenvalue weighted by atomic mass is 32.2. The van der Waals surface area contributed by atoms with Crippen molar-refractivity contribution in [2.45, 2.75) is 18.6 Å². The first-order valence-electron chi connectivity index (χ1n) is 6.79. The number of anilines is 1. The number of amidine groups is 1. The van der Waals surface area contributed by atoms with E-state index in [1.165, 1.54) is 22.7 Å². The molecule has 1 N–H and O–H groups in total. The third-order valence-electron chi connectivity index (χ3n) is 3.39. The zero-order valence-corrected chi connectivity index (χ0v) is 13.7. The molecule has 0 saturated carbocycles. The Morgan fingerprint density at radius 3 is 2.78 bits per heavy atom. The summed E-state index contributed by atoms with van der Waals surface area (Å²) >= 11 is 1.23. The highest BCUT2D eigenvalue weighted by Gasteiger charge is 2.36. The van der Waals surface area contributed by atoms with Gasteiger partial charge in [-0.2, -0.15) is 0 Å². The molecule has 8 nitrogen and oxygen atoms in total. The number of nitro groups is 1. The molecule has 0 radical (unpaired) electrons. The van der Waals surface area contributed by atoms with Crippen LogP contribution in [-0.2, 0) is 9.59 Å². The van der Waals surface area contributed by atoms with Crippen LogP contribution in [0.15, 0.2) is 23.2 Å². The number of benzene rings is 1. The average molecular weight is 336 g/mol. The molecule has 1 aromatic rings. The average Bonchev–Trinajstić information content (AvgIpc) is 2.76. The summed E-state index contributed by atoms with van der Waals surface area (Å²) in [4.78, 5) is 39.9. The topological polar surface area (TPSA) is 105 Å². The summed E-state index contributed by atoms with van der Waals surface area (Å²) in [6.07, 6.45) is -0.0193. The number of thioether (sulfide) groups is 1. The van der Waals surface area contributed by atoms with Crippen LogP contribution in [0.25, 0.3) is 0 Å². The van der Waals surface area contributed by atoms with Gasteiger partial charge in [0.25, 0.3) is 5.69 Å². The molecule has 0 aromatic heterocycles. The van der Waals surface area contributed by atoms with Gasteiger partial charge in [0.15, 0.2) is 5.17 Å². The van der Waals surface area contributed by atoms with Gasteiger partial charge < -0.3 is 5.32 Å². The molecular weight excluding hydrogens is 320 g/mol. The maximum atomic E-state index is 12.1. The molecule has 1 saturated heterocycles. The number of hydrogen-bond donors (Lipinski definition) is 1. The van der Waals surface area contributed by atoms with Crippen molar-refractivity contribution >= 4 is 40.1 Å². The highest BCUT2D eigenvalue weighted by Crippen LogP contribution is 2.29. The van der Waals surface area contributed by atoms with E-state index in [0.29, 0.717) is 16.4 Å². The Morgan fingerprint density at radius 2 is 2.22 bits per heavy atom. The van der Waals surface area contributed by atoms with Crippen LogP contribution in [0, 0.1) is 17.0 Å². The Bertz CT molecular complexity index is 704. The van der Waals surface area contributed by atoms with Crippen LogP contribution >= 0.6 is 11.8 Å². The van der Waals surface area contributed by atoms with Gasteiger partial charge in [0.2, 0.25) is 11.8 Å². The fraction of sp³-hybridized carbons (Fsp3) is 0.357. The Labute approximate surface area is 137 Å². The molecule has 1 atom stereocenters. The summed E-state index contributed by atoms with van der Waals surface area (Å²) in [6.45, 7) is 1.62. The lowest BCUT2D eigenvalue weighted by Crippen LogP contribution is -2.30. The predicted octanol–water partition coefficient (Wildman–Crippen LogP) is 1.79. The molecule has 122 valence electrons. The monoisotopic (exact) mass is 336 g/mol. The lowest BCUT2D eigenvalue weighted by molar-refractivity contribution is -0.385. The van der Waals surface area contributed by atoms with Gasteiger partial charge in [-0.3, -0.25) is 29.6 Å². The minimum Gasteiger partial charge on any atom is -0.326 e. The van der Waals surface area contributed by atoms with Gasteiger partial charge in [0.1, 0.15) is 5.25 Å². The molecule has 0 aliphatic carbocycles. The minimum absolute atomic E-state index is 0.0193. The Morgan fingerprint density at radius 1 is 1.52 bits per heavy atom. The van der Waals surface area contributed by atoms with Crippen molar-refractivity contribution in [1.82, 2.24) is 4.90 Å². The lowest BCUT2D eigenvalue weighted by atomic mass is 10.2. The van der Waals surface area contributed by atoms with Crippen LogP contribution in [0.1, 0.15) is 12.0 Å². The molecular formula is C14H16N4O4S. The molecule has 1 fully saturated rings. The number of carbonyl (C=O) groups is 2. The SMILES string of the molecule is CN=C1SC(CC(=O)Nc2ccc(C)c([N+](=O)[O-])c2)C(=O)N1C. The first-order chi connectivity index (χ1) is 10.8. The number of nitro benzene ring substituents is 1. The van der Waals surface area contributed by atoms with Crippen LogP contribution in [0.5, 0.6) is 0 Å². The Hall–Kier alpha value is -2.42. The van der Waals surface area contributed by atoms with Crippen LogP contribution in [0.2, 0.25) is 0 Å². The normalized spacial score (nSPS) is 19.3. The number of nitrogens with zero attached hydrogens (tertiary/aromatic N) is 3. The van der Waals surface area contributed by atoms with Crippen molar-refractivity contribution in [3.63, 3.8) is 0 Å². The van der Waals surface area contributed by atoms with E-state index >= 15 is 0 Å². The van der Waals surface area contributed by atoms with E-state index < -0.39 is 10.2 Å². The number of aliphatic imine (C=N–C) groups is 1. The summed E-state index contributed by atoms with van der Waals surface area (Å²) in [5.74, 6) is -0.555. The number of carbonyl (C=O) groups excluding carboxylic acids is 2. The van der Waals surface area contributed by atoms with Gasteiger partial charge >= 0.3 is 0 Å². The minimum atomic E-state index is -0.529. The Balaban J connectivity index is 2.05. The number of amides is 2. The predicted molar refractivity (Wildman–Crippen MR) is 88.6 cm³/mol. The molecule has 1 unspecified atom stereocenters. The fourth-order valence-corrected chi connectivity index (χ4v) is 3.26. The number of aryl methyl sites for hydroxylation is 1. The third-order valence-corrected chi connectivity index (χ3v) is 4.71. The zero-order chi connectivity index (χ0) is 17.1. The standard InChI is InChI=1S/C14H16N4O4S/c1-8-4-5-9(6-10(8)18(21)22)16-12(19)7-11-13(20)17(3)14(15-2)23-11/h4-6,11H,7H2,1-3H3,(H,16,19). The number of hydrogen-bond acceptors (Lipinski definition) is 6. The van der Waals surface area contributed by atoms with Crippen molar-refractivity contribution in [1.29, 1.82) is 0 Å². The Kier molecular flexibility index (Phi) is 4.99. The summed E-state index contributed by atoms with van der Waals surface area (Å²) < 4.78 is 0. The van der Waals surface area contributed by atoms with Crippen LogP contribution < -0.4 is 5.32 Å². The van der Waals surface area contributed by atoms with Gasteiger partial charge in [0, 0.05) is 37.8 Å². The first-order valence-corrected chi connectivity index (χ1v) is 7.67. The van der Waals surface area contributed by atoms with Gasteiger partial charge in [-0.05, 0) is 13.0 Å². The molecule has 0 spiro atoms. The molecule has 1 aliphatic rings. The summed E-state index contributed by atoms with van der Waals surface area (Å²) in [7, 11) is 3.19. The summed E-state index contributed by atoms with van der Waals surface area (Å²) in [5.41, 5.74) is 0.787. The molecule has 1 aliphatic heterocycles. The smallest absolute Gasteiger partial charge is 0.274 e. The highest BCUT2D eigenvalue weighted by molar-refractivity contribution is 8.15. The van der Waals surface area contributed by atoms with Gasteiger partial charge in [-0.25, -0.2) is 0 Å². The molecule has 0 bridgehead atoms. The maximum Gasteiger partial charge on any atom is 0.274 e. The van der Waals surface area contributed by atoms with Crippen molar-refractivity contribution in [3.05, 3.63) is 33.9 Å². The van der Waals surface area contributed by atoms with E-state index in [4.69, 9.17) is 0 Å². The van der Waals surface area contributed by atoms with Crippen molar-refractivity contribution < 1.29 is 14.5 Å². The number of nitrogens with one attached hydrogen (secondary N) is 1. The number of rotatable bonds is 4. The molecule has 2 rings (SSSR count). The second kappa shape index (κ2) is 6.78. The first kappa shape index (κ1) is 16.9. The molecule has 23 heavy (non-hydrogen) atoms. The third kappa shape index (κ3) is 3.67. The fourth-order valence-electron chi connectivity index (χ4n) is 2.16. The van der Waals surface area contributed by atoms with Gasteiger partial charge in [-0.15, -0.1) is 0 Å². The van der Waals surface area contributed by atoms with Crippen LogP contribution in [0.4, 0.5) is 11.4 Å². The molecule has 9 heteroatoms. The lowest BCUT2D eigenvalue weighted by Gasteiger charge is -2.09. The maximum absolute atomic E-state index is 12.1. The van der Waals surface area contributed by atoms with Gasteiger partial charge in [0.05, 0.1) is 4.92 Å². The van der Waals surface area contributed by atoms with E-state index in [1.54, 1.807) is 33.2 Å². The molecule has 2 amide bonds. The van der Waals surface area contributed by atoms with E-state index in [9.17, 15) is 19.7 Å². The van der Waals surface area contributed by atoms with Crippen molar-refractivity contribution in [2.24, 2.45) is 4.99 Å². The molecule has 1 heterocycles. The zero-order valence-electron chi connectivity index (χ0n) is 12.9. The van der Waals surface area contributed by atoms with E-state index in [0.717, 1.165) is 0 Å². The van der Waals surface area contributed by atoms with E-state index in [-0.39, 0.29) is 23.9 Å². The van der Waals surface area contributed by atoms with E-state index in [1.807, 2.05) is 0 Å². The second-order valence-electron chi connectivity index (χ2n) is 5.02. The van der Waals surface area contributed by atoms with Crippen molar-refractivity contribution in [2.75, 3.05) is 19.4 Å². The van der Waals surface area contributed by atoms with Crippen LogP contribution in [-0.4, -0.2) is 46.2 Å².